The predicted molar refractivity (Wildman–Crippen MR) is 78.8 cm³/mol. The van der Waals surface area contributed by atoms with E-state index in [4.69, 9.17) is 5.73 Å². The Balaban J connectivity index is 2.54. The van der Waals surface area contributed by atoms with Gasteiger partial charge in [-0.1, -0.05) is 6.42 Å². The van der Waals surface area contributed by atoms with Gasteiger partial charge in [-0.05, 0) is 59.4 Å². The van der Waals surface area contributed by atoms with E-state index in [0.29, 0.717) is 24.0 Å². The average molecular weight is 254 g/mol. The summed E-state index contributed by atoms with van der Waals surface area (Å²) in [6.45, 7) is 9.30. The Kier molecular flexibility index (Phi) is 6.47. The molecule has 0 saturated heterocycles. The van der Waals surface area contributed by atoms with Gasteiger partial charge in [0.2, 0.25) is 0 Å². The van der Waals surface area contributed by atoms with Crippen LogP contribution in [0.2, 0.25) is 0 Å². The highest BCUT2D eigenvalue weighted by molar-refractivity contribution is 5.80. The van der Waals surface area contributed by atoms with Gasteiger partial charge in [0.25, 0.3) is 0 Å². The van der Waals surface area contributed by atoms with E-state index in [9.17, 15) is 0 Å². The maximum Gasteiger partial charge on any atom is 0.191 e. The summed E-state index contributed by atoms with van der Waals surface area (Å²) < 4.78 is 0. The molecule has 1 aliphatic carbocycles. The van der Waals surface area contributed by atoms with E-state index in [2.05, 4.69) is 43.3 Å². The zero-order valence-corrected chi connectivity index (χ0v) is 12.4. The fraction of sp³-hybridized carbons (Fsp3) is 0.929. The van der Waals surface area contributed by atoms with Gasteiger partial charge in [0.05, 0.1) is 0 Å². The molecular weight excluding hydrogens is 224 g/mol. The maximum atomic E-state index is 5.78. The van der Waals surface area contributed by atoms with Crippen LogP contribution in [-0.2, 0) is 0 Å². The Morgan fingerprint density at radius 3 is 2.56 bits per heavy atom. The molecule has 0 spiro atoms. The minimum Gasteiger partial charge on any atom is -0.354 e. The van der Waals surface area contributed by atoms with E-state index in [1.165, 1.54) is 25.7 Å². The van der Waals surface area contributed by atoms with Gasteiger partial charge in [0, 0.05) is 18.1 Å². The molecule has 18 heavy (non-hydrogen) atoms. The van der Waals surface area contributed by atoms with Crippen molar-refractivity contribution in [3.63, 3.8) is 0 Å². The number of hydrogen-bond donors (Lipinski definition) is 3. The average Bonchev–Trinajstić information content (AvgIpc) is 2.27. The smallest absolute Gasteiger partial charge is 0.191 e. The quantitative estimate of drug-likeness (QED) is 0.530. The number of aliphatic imine (C=N–C) groups is 1. The highest BCUT2D eigenvalue weighted by Crippen LogP contribution is 2.23. The third kappa shape index (κ3) is 5.71. The number of hydrogen-bond acceptors (Lipinski definition) is 2. The molecule has 0 aromatic heterocycles. The van der Waals surface area contributed by atoms with Crippen molar-refractivity contribution in [2.24, 2.45) is 16.6 Å². The van der Waals surface area contributed by atoms with Crippen LogP contribution in [0, 0.1) is 5.92 Å². The van der Waals surface area contributed by atoms with Crippen molar-refractivity contribution in [1.29, 1.82) is 0 Å². The molecule has 0 aliphatic heterocycles. The first kappa shape index (κ1) is 15.3. The van der Waals surface area contributed by atoms with Crippen molar-refractivity contribution in [2.45, 2.75) is 71.5 Å². The molecule has 0 aromatic carbocycles. The minimum atomic E-state index is 0.313. The third-order valence-corrected chi connectivity index (χ3v) is 3.27. The van der Waals surface area contributed by atoms with Crippen molar-refractivity contribution >= 4 is 5.96 Å². The lowest BCUT2D eigenvalue weighted by Crippen LogP contribution is -2.48. The molecule has 1 rings (SSSR count). The van der Waals surface area contributed by atoms with Gasteiger partial charge in [0.15, 0.2) is 5.96 Å². The normalized spacial score (nSPS) is 25.6. The van der Waals surface area contributed by atoms with Crippen molar-refractivity contribution in [2.75, 3.05) is 6.54 Å². The van der Waals surface area contributed by atoms with Crippen LogP contribution in [-0.4, -0.2) is 30.6 Å². The molecule has 4 N–H and O–H groups in total. The second kappa shape index (κ2) is 7.62. The summed E-state index contributed by atoms with van der Waals surface area (Å²) in [5.74, 6) is 1.62. The van der Waals surface area contributed by atoms with E-state index in [0.717, 1.165) is 12.5 Å². The minimum absolute atomic E-state index is 0.313. The lowest BCUT2D eigenvalue weighted by Gasteiger charge is -2.30. The van der Waals surface area contributed by atoms with Crippen LogP contribution in [0.4, 0.5) is 0 Å². The summed E-state index contributed by atoms with van der Waals surface area (Å²) in [5.41, 5.74) is 5.78. The fourth-order valence-corrected chi connectivity index (χ4v) is 2.48. The summed E-state index contributed by atoms with van der Waals surface area (Å²) >= 11 is 0. The molecule has 2 unspecified atom stereocenters. The number of nitrogens with one attached hydrogen (secondary N) is 2. The monoisotopic (exact) mass is 254 g/mol. The van der Waals surface area contributed by atoms with Gasteiger partial charge in [-0.15, -0.1) is 0 Å². The zero-order chi connectivity index (χ0) is 13.5. The Labute approximate surface area is 112 Å². The molecule has 0 radical (unpaired) electrons. The zero-order valence-electron chi connectivity index (χ0n) is 12.4. The summed E-state index contributed by atoms with van der Waals surface area (Å²) in [7, 11) is 0. The summed E-state index contributed by atoms with van der Waals surface area (Å²) in [6.07, 6.45) is 4.96. The molecule has 4 heteroatoms. The molecule has 1 aliphatic rings. The van der Waals surface area contributed by atoms with Crippen molar-refractivity contribution in [3.8, 4) is 0 Å². The number of nitrogens with zero attached hydrogens (tertiary/aromatic N) is 1. The van der Waals surface area contributed by atoms with Crippen LogP contribution in [0.3, 0.4) is 0 Å². The van der Waals surface area contributed by atoms with Gasteiger partial charge < -0.3 is 16.4 Å². The summed E-state index contributed by atoms with van der Waals surface area (Å²) in [6, 6.07) is 1.24. The van der Waals surface area contributed by atoms with E-state index in [1.807, 2.05) is 0 Å². The third-order valence-electron chi connectivity index (χ3n) is 3.27. The largest absolute Gasteiger partial charge is 0.354 e. The Bertz CT molecular complexity index is 261. The Morgan fingerprint density at radius 2 is 2.00 bits per heavy atom. The van der Waals surface area contributed by atoms with Crippen LogP contribution in [0.5, 0.6) is 0 Å². The van der Waals surface area contributed by atoms with Gasteiger partial charge in [-0.3, -0.25) is 4.99 Å². The summed E-state index contributed by atoms with van der Waals surface area (Å²) in [5, 5.41) is 6.97. The van der Waals surface area contributed by atoms with Crippen LogP contribution in [0.1, 0.15) is 53.4 Å². The lowest BCUT2D eigenvalue weighted by atomic mass is 9.86. The molecule has 0 bridgehead atoms. The SMILES string of the molecule is CC(C)/N=C(\NC(C)C)NC1CCCC(CN)C1. The van der Waals surface area contributed by atoms with Gasteiger partial charge in [-0.2, -0.15) is 0 Å². The van der Waals surface area contributed by atoms with Gasteiger partial charge in [0.1, 0.15) is 0 Å². The van der Waals surface area contributed by atoms with Crippen LogP contribution < -0.4 is 16.4 Å². The van der Waals surface area contributed by atoms with Gasteiger partial charge in [-0.25, -0.2) is 0 Å². The van der Waals surface area contributed by atoms with Gasteiger partial charge >= 0.3 is 0 Å². The fourth-order valence-electron chi connectivity index (χ4n) is 2.48. The van der Waals surface area contributed by atoms with Crippen molar-refractivity contribution in [1.82, 2.24) is 10.6 Å². The number of rotatable bonds is 4. The van der Waals surface area contributed by atoms with Crippen molar-refractivity contribution < 1.29 is 0 Å². The van der Waals surface area contributed by atoms with E-state index >= 15 is 0 Å². The molecule has 0 amide bonds. The Morgan fingerprint density at radius 1 is 1.28 bits per heavy atom. The maximum absolute atomic E-state index is 5.78. The molecule has 0 heterocycles. The highest BCUT2D eigenvalue weighted by Gasteiger charge is 2.21. The number of nitrogens with two attached hydrogens (primary N) is 1. The standard InChI is InChI=1S/C14H30N4/c1-10(2)16-14(17-11(3)4)18-13-7-5-6-12(8-13)9-15/h10-13H,5-9,15H2,1-4H3,(H2,16,17,18). The van der Waals surface area contributed by atoms with Crippen LogP contribution in [0.25, 0.3) is 0 Å². The second-order valence-corrected chi connectivity index (χ2v) is 5.98. The first-order chi connectivity index (χ1) is 8.51. The summed E-state index contributed by atoms with van der Waals surface area (Å²) in [4.78, 5) is 4.63. The molecule has 4 nitrogen and oxygen atoms in total. The van der Waals surface area contributed by atoms with E-state index < -0.39 is 0 Å². The first-order valence-corrected chi connectivity index (χ1v) is 7.32. The van der Waals surface area contributed by atoms with E-state index in [1.54, 1.807) is 0 Å². The van der Waals surface area contributed by atoms with Crippen LogP contribution in [0.15, 0.2) is 4.99 Å². The molecule has 2 atom stereocenters. The molecule has 0 aromatic rings. The first-order valence-electron chi connectivity index (χ1n) is 7.32. The molecular formula is C14H30N4. The van der Waals surface area contributed by atoms with Crippen LogP contribution >= 0.6 is 0 Å². The topological polar surface area (TPSA) is 62.4 Å². The Hall–Kier alpha value is -0.770. The highest BCUT2D eigenvalue weighted by atomic mass is 15.2. The molecule has 1 fully saturated rings. The molecule has 1 saturated carbocycles. The van der Waals surface area contributed by atoms with Crippen molar-refractivity contribution in [3.05, 3.63) is 0 Å². The second-order valence-electron chi connectivity index (χ2n) is 5.98. The molecule has 106 valence electrons. The number of guanidine groups is 1. The lowest BCUT2D eigenvalue weighted by molar-refractivity contribution is 0.310. The predicted octanol–water partition coefficient (Wildman–Crippen LogP) is 1.86. The van der Waals surface area contributed by atoms with E-state index in [-0.39, 0.29) is 0 Å².